The lowest BCUT2D eigenvalue weighted by Crippen LogP contribution is -2.00. The summed E-state index contributed by atoms with van der Waals surface area (Å²) < 4.78 is 0. The van der Waals surface area contributed by atoms with Gasteiger partial charge in [-0.15, -0.1) is 0 Å². The molecule has 0 saturated heterocycles. The highest BCUT2D eigenvalue weighted by atomic mass is 35.5. The van der Waals surface area contributed by atoms with Crippen molar-refractivity contribution in [1.82, 2.24) is 9.97 Å². The number of nitrogens with zero attached hydrogens (tertiary/aromatic N) is 2. The van der Waals surface area contributed by atoms with Crippen LogP contribution in [0.5, 0.6) is 0 Å². The molecule has 0 radical (unpaired) electrons. The standard InChI is InChI=1S/C14H14ClN3/c1-16-13-8-12(9-2-3-9)17-14(18-13)10-4-6-11(15)7-5-10/h4-9H,2-3H2,1H3,(H,16,17,18). The van der Waals surface area contributed by atoms with Crippen LogP contribution in [-0.2, 0) is 0 Å². The lowest BCUT2D eigenvalue weighted by molar-refractivity contribution is 0.995. The van der Waals surface area contributed by atoms with E-state index in [1.165, 1.54) is 12.8 Å². The van der Waals surface area contributed by atoms with E-state index in [2.05, 4.69) is 15.3 Å². The first kappa shape index (κ1) is 11.5. The molecule has 18 heavy (non-hydrogen) atoms. The van der Waals surface area contributed by atoms with Gasteiger partial charge in [-0.05, 0) is 37.1 Å². The number of anilines is 1. The van der Waals surface area contributed by atoms with Crippen molar-refractivity contribution in [3.63, 3.8) is 0 Å². The normalized spacial score (nSPS) is 14.6. The molecule has 1 aliphatic carbocycles. The van der Waals surface area contributed by atoms with E-state index < -0.39 is 0 Å². The average molecular weight is 260 g/mol. The number of nitrogens with one attached hydrogen (secondary N) is 1. The molecule has 1 saturated carbocycles. The monoisotopic (exact) mass is 259 g/mol. The molecule has 1 heterocycles. The Labute approximate surface area is 111 Å². The highest BCUT2D eigenvalue weighted by Crippen LogP contribution is 2.40. The van der Waals surface area contributed by atoms with Gasteiger partial charge in [-0.25, -0.2) is 9.97 Å². The Balaban J connectivity index is 2.04. The number of hydrogen-bond donors (Lipinski definition) is 1. The lowest BCUT2D eigenvalue weighted by Gasteiger charge is -2.07. The van der Waals surface area contributed by atoms with Gasteiger partial charge in [-0.2, -0.15) is 0 Å². The number of rotatable bonds is 3. The molecule has 1 aliphatic rings. The van der Waals surface area contributed by atoms with E-state index in [4.69, 9.17) is 11.6 Å². The second-order valence-corrected chi connectivity index (χ2v) is 4.97. The van der Waals surface area contributed by atoms with Gasteiger partial charge in [0.25, 0.3) is 0 Å². The number of aromatic nitrogens is 2. The molecule has 1 aromatic heterocycles. The summed E-state index contributed by atoms with van der Waals surface area (Å²) in [6.45, 7) is 0. The van der Waals surface area contributed by atoms with E-state index in [9.17, 15) is 0 Å². The molecule has 0 atom stereocenters. The Morgan fingerprint density at radius 1 is 1.17 bits per heavy atom. The largest absolute Gasteiger partial charge is 0.373 e. The molecule has 1 fully saturated rings. The van der Waals surface area contributed by atoms with Crippen LogP contribution in [0.4, 0.5) is 5.82 Å². The summed E-state index contributed by atoms with van der Waals surface area (Å²) in [4.78, 5) is 9.15. The molecule has 92 valence electrons. The maximum absolute atomic E-state index is 5.90. The molecule has 0 unspecified atom stereocenters. The summed E-state index contributed by atoms with van der Waals surface area (Å²) in [5, 5.41) is 3.82. The minimum absolute atomic E-state index is 0.617. The van der Waals surface area contributed by atoms with Gasteiger partial charge >= 0.3 is 0 Å². The van der Waals surface area contributed by atoms with Gasteiger partial charge in [0, 0.05) is 35.3 Å². The highest BCUT2D eigenvalue weighted by Gasteiger charge is 2.26. The molecule has 0 amide bonds. The quantitative estimate of drug-likeness (QED) is 0.913. The van der Waals surface area contributed by atoms with Crippen molar-refractivity contribution in [2.75, 3.05) is 12.4 Å². The van der Waals surface area contributed by atoms with Gasteiger partial charge in [0.2, 0.25) is 0 Å². The lowest BCUT2D eigenvalue weighted by atomic mass is 10.2. The molecular weight excluding hydrogens is 246 g/mol. The Morgan fingerprint density at radius 3 is 2.50 bits per heavy atom. The van der Waals surface area contributed by atoms with Crippen molar-refractivity contribution in [2.24, 2.45) is 0 Å². The van der Waals surface area contributed by atoms with Crippen LogP contribution in [0.15, 0.2) is 30.3 Å². The van der Waals surface area contributed by atoms with Crippen LogP contribution in [0.25, 0.3) is 11.4 Å². The second kappa shape index (κ2) is 4.58. The third-order valence-corrected chi connectivity index (χ3v) is 3.35. The van der Waals surface area contributed by atoms with Gasteiger partial charge in [-0.1, -0.05) is 11.6 Å². The first-order chi connectivity index (χ1) is 8.76. The zero-order valence-electron chi connectivity index (χ0n) is 10.2. The summed E-state index contributed by atoms with van der Waals surface area (Å²) in [6.07, 6.45) is 2.47. The molecule has 3 rings (SSSR count). The molecule has 1 aromatic carbocycles. The van der Waals surface area contributed by atoms with Crippen molar-refractivity contribution in [3.05, 3.63) is 41.0 Å². The zero-order chi connectivity index (χ0) is 12.5. The zero-order valence-corrected chi connectivity index (χ0v) is 10.9. The van der Waals surface area contributed by atoms with Gasteiger partial charge in [-0.3, -0.25) is 0 Å². The van der Waals surface area contributed by atoms with Crippen molar-refractivity contribution in [3.8, 4) is 11.4 Å². The number of halogens is 1. The van der Waals surface area contributed by atoms with Crippen LogP contribution in [0.2, 0.25) is 5.02 Å². The van der Waals surface area contributed by atoms with E-state index in [0.29, 0.717) is 5.92 Å². The van der Waals surface area contributed by atoms with Crippen LogP contribution < -0.4 is 5.32 Å². The fraction of sp³-hybridized carbons (Fsp3) is 0.286. The predicted octanol–water partition coefficient (Wildman–Crippen LogP) is 3.72. The highest BCUT2D eigenvalue weighted by molar-refractivity contribution is 6.30. The fourth-order valence-corrected chi connectivity index (χ4v) is 2.04. The third-order valence-electron chi connectivity index (χ3n) is 3.10. The SMILES string of the molecule is CNc1cc(C2CC2)nc(-c2ccc(Cl)cc2)n1. The predicted molar refractivity (Wildman–Crippen MR) is 74.0 cm³/mol. The van der Waals surface area contributed by atoms with Crippen molar-refractivity contribution >= 4 is 17.4 Å². The van der Waals surface area contributed by atoms with Crippen LogP contribution in [0, 0.1) is 0 Å². The van der Waals surface area contributed by atoms with Gasteiger partial charge in [0.15, 0.2) is 5.82 Å². The van der Waals surface area contributed by atoms with Crippen molar-refractivity contribution in [2.45, 2.75) is 18.8 Å². The summed E-state index contributed by atoms with van der Waals surface area (Å²) >= 11 is 5.90. The molecule has 4 heteroatoms. The molecule has 0 spiro atoms. The van der Waals surface area contributed by atoms with Crippen LogP contribution in [0.3, 0.4) is 0 Å². The van der Waals surface area contributed by atoms with E-state index in [-0.39, 0.29) is 0 Å². The second-order valence-electron chi connectivity index (χ2n) is 4.53. The maximum Gasteiger partial charge on any atom is 0.161 e. The van der Waals surface area contributed by atoms with E-state index >= 15 is 0 Å². The number of benzene rings is 1. The topological polar surface area (TPSA) is 37.8 Å². The van der Waals surface area contributed by atoms with Crippen LogP contribution >= 0.6 is 11.6 Å². The summed E-state index contributed by atoms with van der Waals surface area (Å²) in [6, 6.07) is 9.67. The van der Waals surface area contributed by atoms with Crippen LogP contribution in [-0.4, -0.2) is 17.0 Å². The Kier molecular flexibility index (Phi) is 2.92. The average Bonchev–Trinajstić information content (AvgIpc) is 3.23. The summed E-state index contributed by atoms with van der Waals surface area (Å²) in [7, 11) is 1.88. The smallest absolute Gasteiger partial charge is 0.161 e. The summed E-state index contributed by atoms with van der Waals surface area (Å²) in [5.41, 5.74) is 2.14. The van der Waals surface area contributed by atoms with Gasteiger partial charge in [0.05, 0.1) is 0 Å². The van der Waals surface area contributed by atoms with E-state index in [0.717, 1.165) is 27.9 Å². The molecule has 2 aromatic rings. The maximum atomic E-state index is 5.90. The minimum Gasteiger partial charge on any atom is -0.373 e. The van der Waals surface area contributed by atoms with Crippen LogP contribution in [0.1, 0.15) is 24.5 Å². The van der Waals surface area contributed by atoms with Gasteiger partial charge < -0.3 is 5.32 Å². The third kappa shape index (κ3) is 2.31. The first-order valence-corrected chi connectivity index (χ1v) is 6.47. The van der Waals surface area contributed by atoms with Crippen molar-refractivity contribution in [1.29, 1.82) is 0 Å². The Morgan fingerprint density at radius 2 is 1.89 bits per heavy atom. The van der Waals surface area contributed by atoms with E-state index in [1.54, 1.807) is 0 Å². The van der Waals surface area contributed by atoms with Crippen molar-refractivity contribution < 1.29 is 0 Å². The first-order valence-electron chi connectivity index (χ1n) is 6.09. The molecule has 0 bridgehead atoms. The molecule has 0 aliphatic heterocycles. The van der Waals surface area contributed by atoms with Gasteiger partial charge in [0.1, 0.15) is 5.82 Å². The Bertz CT molecular complexity index is 562. The minimum atomic E-state index is 0.617. The Hall–Kier alpha value is -1.61. The molecular formula is C14H14ClN3. The fourth-order valence-electron chi connectivity index (χ4n) is 1.91. The molecule has 1 N–H and O–H groups in total. The van der Waals surface area contributed by atoms with E-state index in [1.807, 2.05) is 37.4 Å². The number of hydrogen-bond acceptors (Lipinski definition) is 3. The molecule has 3 nitrogen and oxygen atoms in total. The summed E-state index contributed by atoms with van der Waals surface area (Å²) in [5.74, 6) is 2.25.